The fourth-order valence-electron chi connectivity index (χ4n) is 2.59. The van der Waals surface area contributed by atoms with E-state index in [1.54, 1.807) is 13.8 Å². The van der Waals surface area contributed by atoms with Crippen molar-refractivity contribution in [3.63, 3.8) is 0 Å². The number of carbonyl (C=O) groups excluding carboxylic acids is 1. The number of nitrogens with one attached hydrogen (secondary N) is 1. The fraction of sp³-hybridized carbons (Fsp3) is 0.714. The number of hydrogen-bond acceptors (Lipinski definition) is 7. The highest BCUT2D eigenvalue weighted by Gasteiger charge is 2.46. The van der Waals surface area contributed by atoms with Gasteiger partial charge in [0.15, 0.2) is 15.9 Å². The molecule has 8 nitrogen and oxygen atoms in total. The lowest BCUT2D eigenvalue weighted by molar-refractivity contribution is -0.397. The van der Waals surface area contributed by atoms with Gasteiger partial charge < -0.3 is 5.32 Å². The Balaban J connectivity index is 2.79. The maximum Gasteiger partial charge on any atom is 0.371 e. The minimum atomic E-state index is -3.23. The summed E-state index contributed by atoms with van der Waals surface area (Å²) >= 11 is 0. The van der Waals surface area contributed by atoms with E-state index in [0.29, 0.717) is 5.70 Å². The molecule has 1 unspecified atom stereocenters. The Bertz CT molecular complexity index is 612. The van der Waals surface area contributed by atoms with Crippen LogP contribution in [0.15, 0.2) is 17.4 Å². The normalized spacial score (nSPS) is 19.2. The van der Waals surface area contributed by atoms with Crippen molar-refractivity contribution in [3.05, 3.63) is 12.3 Å². The van der Waals surface area contributed by atoms with Crippen molar-refractivity contribution < 1.29 is 31.8 Å². The van der Waals surface area contributed by atoms with Crippen LogP contribution >= 0.6 is 0 Å². The maximum atomic E-state index is 12.3. The van der Waals surface area contributed by atoms with Gasteiger partial charge in [0.1, 0.15) is 0 Å². The van der Waals surface area contributed by atoms with Crippen molar-refractivity contribution in [2.75, 3.05) is 11.5 Å². The number of hydrogen-bond donors (Lipinski definition) is 1. The average Bonchev–Trinajstić information content (AvgIpc) is 2.40. The molecule has 25 heavy (non-hydrogen) atoms. The first kappa shape index (κ1) is 21.5. The van der Waals surface area contributed by atoms with Crippen molar-refractivity contribution in [1.82, 2.24) is 10.3 Å². The Kier molecular flexibility index (Phi) is 7.03. The van der Waals surface area contributed by atoms with Gasteiger partial charge in [-0.1, -0.05) is 6.58 Å². The van der Waals surface area contributed by atoms with Crippen LogP contribution in [0.1, 0.15) is 27.2 Å². The van der Waals surface area contributed by atoms with Crippen LogP contribution in [0.2, 0.25) is 0 Å². The smallest absolute Gasteiger partial charge is 0.347 e. The molecule has 0 aromatic carbocycles. The molecule has 144 valence electrons. The van der Waals surface area contributed by atoms with Crippen molar-refractivity contribution >= 4 is 22.5 Å². The second-order valence-electron chi connectivity index (χ2n) is 6.37. The Labute approximate surface area is 145 Å². The molecule has 0 aliphatic carbocycles. The van der Waals surface area contributed by atoms with Crippen molar-refractivity contribution in [1.29, 1.82) is 0 Å². The van der Waals surface area contributed by atoms with E-state index < -0.39 is 34.0 Å². The zero-order valence-corrected chi connectivity index (χ0v) is 15.2. The quantitative estimate of drug-likeness (QED) is 0.344. The van der Waals surface area contributed by atoms with Crippen LogP contribution in [-0.4, -0.2) is 61.9 Å². The molecule has 1 saturated heterocycles. The fourth-order valence-corrected chi connectivity index (χ4v) is 4.60. The molecule has 0 aromatic rings. The van der Waals surface area contributed by atoms with E-state index >= 15 is 0 Å². The Morgan fingerprint density at radius 3 is 2.32 bits per heavy atom. The molecule has 11 heteroatoms. The summed E-state index contributed by atoms with van der Waals surface area (Å²) in [7, 11) is -3.19. The molecule has 1 atom stereocenters. The number of amides is 1. The summed E-state index contributed by atoms with van der Waals surface area (Å²) in [6.45, 7) is 9.03. The second kappa shape index (κ2) is 8.19. The van der Waals surface area contributed by atoms with E-state index in [-0.39, 0.29) is 24.0 Å². The van der Waals surface area contributed by atoms with Gasteiger partial charge in [-0.2, -0.15) is 18.8 Å². The molecule has 1 aliphatic rings. The van der Waals surface area contributed by atoms with Crippen LogP contribution in [0.3, 0.4) is 0 Å². The molecule has 1 fully saturated rings. The summed E-state index contributed by atoms with van der Waals surface area (Å²) in [6.07, 6.45) is -1.65. The molecular weight excluding hydrogens is 360 g/mol. The van der Waals surface area contributed by atoms with E-state index in [2.05, 4.69) is 33.5 Å². The highest BCUT2D eigenvalue weighted by atomic mass is 32.2. The molecule has 0 saturated carbocycles. The summed E-state index contributed by atoms with van der Waals surface area (Å²) in [5, 5.41) is 7.64. The van der Waals surface area contributed by atoms with Crippen molar-refractivity contribution in [2.24, 2.45) is 5.10 Å². The summed E-state index contributed by atoms with van der Waals surface area (Å²) < 4.78 is 47.1. The summed E-state index contributed by atoms with van der Waals surface area (Å²) in [5.74, 6) is -1.25. The topological polar surface area (TPSA) is 97.3 Å². The number of carbonyl (C=O) groups is 1. The van der Waals surface area contributed by atoms with E-state index in [4.69, 9.17) is 0 Å². The van der Waals surface area contributed by atoms with Crippen LogP contribution in [0, 0.1) is 0 Å². The minimum absolute atomic E-state index is 0.126. The van der Waals surface area contributed by atoms with E-state index in [0.717, 1.165) is 0 Å². The molecule has 0 bridgehead atoms. The van der Waals surface area contributed by atoms with Gasteiger partial charge in [-0.25, -0.2) is 13.3 Å². The minimum Gasteiger partial charge on any atom is -0.347 e. The number of rotatable bonds is 10. The monoisotopic (exact) mass is 383 g/mol. The van der Waals surface area contributed by atoms with Crippen molar-refractivity contribution in [2.45, 2.75) is 51.5 Å². The van der Waals surface area contributed by atoms with Crippen LogP contribution in [0.4, 0.5) is 8.78 Å². The Morgan fingerprint density at radius 2 is 1.92 bits per heavy atom. The number of hydrazone groups is 1. The third kappa shape index (κ3) is 6.33. The molecule has 0 radical (unpaired) electrons. The third-order valence-electron chi connectivity index (χ3n) is 3.43. The summed E-state index contributed by atoms with van der Waals surface area (Å²) in [5.41, 5.74) is -0.674. The molecule has 1 amide bonds. The molecule has 0 aromatic heterocycles. The van der Waals surface area contributed by atoms with E-state index in [1.807, 2.05) is 0 Å². The number of sulfone groups is 1. The van der Waals surface area contributed by atoms with Gasteiger partial charge in [0.25, 0.3) is 5.91 Å². The zero-order chi connectivity index (χ0) is 19.4. The first-order valence-corrected chi connectivity index (χ1v) is 9.27. The lowest BCUT2D eigenvalue weighted by atomic mass is 10.1. The van der Waals surface area contributed by atoms with Crippen LogP contribution in [0.5, 0.6) is 0 Å². The predicted molar refractivity (Wildman–Crippen MR) is 87.4 cm³/mol. The average molecular weight is 383 g/mol. The standard InChI is InChI=1S/C14H23F2N3O5S/c1-9(2)19(17-5)10(3)6-11(23-24-13(15)16)12(20)18-14(4)7-25(21,22)8-14/h9,11,13H,3,5-8H2,1-2,4H3,(H,18,20). The Hall–Kier alpha value is -1.59. The first-order chi connectivity index (χ1) is 11.4. The van der Waals surface area contributed by atoms with Gasteiger partial charge in [0.2, 0.25) is 0 Å². The van der Waals surface area contributed by atoms with Crippen molar-refractivity contribution in [3.8, 4) is 0 Å². The zero-order valence-electron chi connectivity index (χ0n) is 14.4. The van der Waals surface area contributed by atoms with Gasteiger partial charge in [-0.15, -0.1) is 0 Å². The van der Waals surface area contributed by atoms with Crippen LogP contribution in [-0.2, 0) is 24.4 Å². The number of nitrogens with zero attached hydrogens (tertiary/aromatic N) is 2. The van der Waals surface area contributed by atoms with Gasteiger partial charge in [-0.3, -0.25) is 9.80 Å². The molecule has 1 heterocycles. The second-order valence-corrected chi connectivity index (χ2v) is 8.44. The molecular formula is C14H23F2N3O5S. The lowest BCUT2D eigenvalue weighted by Crippen LogP contribution is -2.65. The molecule has 1 rings (SSSR count). The molecule has 0 spiro atoms. The molecule has 1 N–H and O–H groups in total. The van der Waals surface area contributed by atoms with Gasteiger partial charge in [-0.05, 0) is 20.8 Å². The number of alkyl halides is 2. The van der Waals surface area contributed by atoms with E-state index in [1.165, 1.54) is 11.9 Å². The molecule has 1 aliphatic heterocycles. The van der Waals surface area contributed by atoms with Gasteiger partial charge >= 0.3 is 6.61 Å². The SMILES string of the molecule is C=NN(C(=C)CC(OOC(F)F)C(=O)NC1(C)CS(=O)(=O)C1)C(C)C. The summed E-state index contributed by atoms with van der Waals surface area (Å²) in [6, 6.07) is -0.126. The highest BCUT2D eigenvalue weighted by molar-refractivity contribution is 7.93. The predicted octanol–water partition coefficient (Wildman–Crippen LogP) is 1.06. The van der Waals surface area contributed by atoms with E-state index in [9.17, 15) is 22.0 Å². The Morgan fingerprint density at radius 1 is 1.36 bits per heavy atom. The number of halogens is 2. The van der Waals surface area contributed by atoms with Gasteiger partial charge in [0, 0.05) is 24.9 Å². The summed E-state index contributed by atoms with van der Waals surface area (Å²) in [4.78, 5) is 20.6. The lowest BCUT2D eigenvalue weighted by Gasteiger charge is -2.39. The maximum absolute atomic E-state index is 12.3. The van der Waals surface area contributed by atoms with Crippen LogP contribution in [0.25, 0.3) is 0 Å². The first-order valence-electron chi connectivity index (χ1n) is 7.45. The third-order valence-corrected chi connectivity index (χ3v) is 5.58. The largest absolute Gasteiger partial charge is 0.371 e. The van der Waals surface area contributed by atoms with Crippen LogP contribution < -0.4 is 5.32 Å². The van der Waals surface area contributed by atoms with Gasteiger partial charge in [0.05, 0.1) is 17.0 Å². The highest BCUT2D eigenvalue weighted by Crippen LogP contribution is 2.24.